The van der Waals surface area contributed by atoms with Gasteiger partial charge >= 0.3 is 0 Å². The third-order valence-electron chi connectivity index (χ3n) is 2.84. The lowest BCUT2D eigenvalue weighted by Gasteiger charge is -2.04. The van der Waals surface area contributed by atoms with E-state index in [9.17, 15) is 4.79 Å². The predicted octanol–water partition coefficient (Wildman–Crippen LogP) is 2.21. The van der Waals surface area contributed by atoms with Crippen molar-refractivity contribution in [2.45, 2.75) is 26.3 Å². The fourth-order valence-electron chi connectivity index (χ4n) is 1.77. The highest BCUT2D eigenvalue weighted by Crippen LogP contribution is 2.20. The van der Waals surface area contributed by atoms with Crippen LogP contribution in [0.3, 0.4) is 0 Å². The van der Waals surface area contributed by atoms with E-state index in [1.807, 2.05) is 30.5 Å². The molecule has 0 aliphatic rings. The second-order valence-corrected chi connectivity index (χ2v) is 5.49. The third kappa shape index (κ3) is 5.24. The van der Waals surface area contributed by atoms with Crippen LogP contribution in [0.5, 0.6) is 0 Å². The first-order valence-electron chi connectivity index (χ1n) is 7.13. The van der Waals surface area contributed by atoms with E-state index in [1.165, 1.54) is 0 Å². The fourth-order valence-corrected chi connectivity index (χ4v) is 2.56. The lowest BCUT2D eigenvalue weighted by atomic mass is 10.3. The van der Waals surface area contributed by atoms with E-state index in [2.05, 4.69) is 20.6 Å². The minimum absolute atomic E-state index is 0.0943. The molecule has 5 nitrogen and oxygen atoms in total. The summed E-state index contributed by atoms with van der Waals surface area (Å²) >= 11 is 1.59. The quantitative estimate of drug-likeness (QED) is 0.734. The maximum absolute atomic E-state index is 11.4. The van der Waals surface area contributed by atoms with Crippen LogP contribution >= 0.6 is 11.3 Å². The molecular weight excluding hydrogens is 284 g/mol. The van der Waals surface area contributed by atoms with Gasteiger partial charge < -0.3 is 10.6 Å². The molecule has 2 aromatic rings. The summed E-state index contributed by atoms with van der Waals surface area (Å²) in [6.07, 6.45) is 3.23. The Hall–Kier alpha value is -1.79. The summed E-state index contributed by atoms with van der Waals surface area (Å²) in [7, 11) is 0. The van der Waals surface area contributed by atoms with Crippen molar-refractivity contribution in [2.24, 2.45) is 0 Å². The minimum Gasteiger partial charge on any atom is -0.356 e. The van der Waals surface area contributed by atoms with E-state index in [0.717, 1.165) is 29.4 Å². The molecule has 0 bridgehead atoms. The van der Waals surface area contributed by atoms with Crippen LogP contribution in [-0.4, -0.2) is 29.0 Å². The monoisotopic (exact) mass is 304 g/mol. The molecule has 0 spiro atoms. The Balaban J connectivity index is 1.72. The molecule has 0 unspecified atom stereocenters. The Bertz CT molecular complexity index is 556. The molecule has 112 valence electrons. The van der Waals surface area contributed by atoms with Gasteiger partial charge in [-0.3, -0.25) is 9.78 Å². The Morgan fingerprint density at radius 3 is 3.00 bits per heavy atom. The topological polar surface area (TPSA) is 66.9 Å². The Morgan fingerprint density at radius 1 is 1.33 bits per heavy atom. The average Bonchev–Trinajstić information content (AvgIpc) is 2.99. The van der Waals surface area contributed by atoms with Gasteiger partial charge in [-0.15, -0.1) is 11.3 Å². The predicted molar refractivity (Wildman–Crippen MR) is 85.0 cm³/mol. The summed E-state index contributed by atoms with van der Waals surface area (Å²) in [5, 5.41) is 9.04. The van der Waals surface area contributed by atoms with Gasteiger partial charge in [0.2, 0.25) is 5.91 Å². The summed E-state index contributed by atoms with van der Waals surface area (Å²) in [6.45, 7) is 4.12. The molecule has 1 amide bonds. The molecule has 2 heterocycles. The molecule has 0 saturated carbocycles. The zero-order chi connectivity index (χ0) is 14.9. The molecule has 21 heavy (non-hydrogen) atoms. The van der Waals surface area contributed by atoms with Gasteiger partial charge in [-0.05, 0) is 18.6 Å². The van der Waals surface area contributed by atoms with Crippen LogP contribution in [0.2, 0.25) is 0 Å². The average molecular weight is 304 g/mol. The highest BCUT2D eigenvalue weighted by atomic mass is 32.1. The van der Waals surface area contributed by atoms with Crippen LogP contribution < -0.4 is 10.6 Å². The largest absolute Gasteiger partial charge is 0.356 e. The van der Waals surface area contributed by atoms with E-state index in [1.54, 1.807) is 17.5 Å². The van der Waals surface area contributed by atoms with Crippen LogP contribution in [0.4, 0.5) is 0 Å². The van der Waals surface area contributed by atoms with Crippen LogP contribution in [0, 0.1) is 0 Å². The molecule has 2 rings (SSSR count). The Labute approximate surface area is 128 Å². The van der Waals surface area contributed by atoms with Crippen LogP contribution in [0.15, 0.2) is 29.8 Å². The van der Waals surface area contributed by atoms with Crippen molar-refractivity contribution in [3.8, 4) is 10.7 Å². The van der Waals surface area contributed by atoms with Crippen LogP contribution in [0.25, 0.3) is 10.7 Å². The van der Waals surface area contributed by atoms with Gasteiger partial charge in [-0.25, -0.2) is 4.98 Å². The minimum atomic E-state index is 0.0943. The molecule has 0 saturated heterocycles. The van der Waals surface area contributed by atoms with E-state index in [0.29, 0.717) is 19.5 Å². The maximum Gasteiger partial charge on any atom is 0.221 e. The molecule has 6 heteroatoms. The summed E-state index contributed by atoms with van der Waals surface area (Å²) in [5.74, 6) is 0.0943. The van der Waals surface area contributed by atoms with Gasteiger partial charge in [0.15, 0.2) is 0 Å². The molecule has 0 aromatic carbocycles. The molecule has 0 fully saturated rings. The number of pyridine rings is 1. The molecule has 0 atom stereocenters. The van der Waals surface area contributed by atoms with Gasteiger partial charge in [-0.1, -0.05) is 13.0 Å². The smallest absolute Gasteiger partial charge is 0.221 e. The number of rotatable bonds is 8. The standard InChI is InChI=1S/C15H20N4OS/c1-2-7-18-14(20)6-9-16-10-12-11-21-15(19-12)13-5-3-4-8-17-13/h3-5,8,11,16H,2,6-7,9-10H2,1H3,(H,18,20). The number of amides is 1. The van der Waals surface area contributed by atoms with Crippen molar-refractivity contribution in [3.05, 3.63) is 35.5 Å². The third-order valence-corrected chi connectivity index (χ3v) is 3.76. The van der Waals surface area contributed by atoms with Crippen molar-refractivity contribution in [1.29, 1.82) is 0 Å². The van der Waals surface area contributed by atoms with Gasteiger partial charge in [0.1, 0.15) is 5.01 Å². The first-order chi connectivity index (χ1) is 10.3. The number of hydrogen-bond donors (Lipinski definition) is 2. The van der Waals surface area contributed by atoms with Crippen molar-refractivity contribution in [2.75, 3.05) is 13.1 Å². The zero-order valence-electron chi connectivity index (χ0n) is 12.1. The van der Waals surface area contributed by atoms with Gasteiger partial charge in [0.05, 0.1) is 11.4 Å². The normalized spacial score (nSPS) is 10.5. The van der Waals surface area contributed by atoms with Crippen molar-refractivity contribution in [1.82, 2.24) is 20.6 Å². The van der Waals surface area contributed by atoms with Crippen LogP contribution in [0.1, 0.15) is 25.5 Å². The van der Waals surface area contributed by atoms with Crippen molar-refractivity contribution < 1.29 is 4.79 Å². The number of carbonyl (C=O) groups excluding carboxylic acids is 1. The fraction of sp³-hybridized carbons (Fsp3) is 0.400. The van der Waals surface area contributed by atoms with E-state index < -0.39 is 0 Å². The SMILES string of the molecule is CCCNC(=O)CCNCc1csc(-c2ccccn2)n1. The highest BCUT2D eigenvalue weighted by molar-refractivity contribution is 7.13. The van der Waals surface area contributed by atoms with Gasteiger partial charge in [0, 0.05) is 37.6 Å². The summed E-state index contributed by atoms with van der Waals surface area (Å²) in [4.78, 5) is 20.3. The number of nitrogens with zero attached hydrogens (tertiary/aromatic N) is 2. The van der Waals surface area contributed by atoms with Crippen LogP contribution in [-0.2, 0) is 11.3 Å². The molecular formula is C15H20N4OS. The Morgan fingerprint density at radius 2 is 2.24 bits per heavy atom. The zero-order valence-corrected chi connectivity index (χ0v) is 12.9. The second-order valence-electron chi connectivity index (χ2n) is 4.64. The molecule has 2 N–H and O–H groups in total. The number of aromatic nitrogens is 2. The first kappa shape index (κ1) is 15.6. The molecule has 2 aromatic heterocycles. The molecule has 0 aliphatic heterocycles. The summed E-state index contributed by atoms with van der Waals surface area (Å²) in [5.41, 5.74) is 1.88. The molecule has 0 radical (unpaired) electrons. The van der Waals surface area contributed by atoms with E-state index >= 15 is 0 Å². The Kier molecular flexibility index (Phi) is 6.30. The van der Waals surface area contributed by atoms with Crippen molar-refractivity contribution in [3.63, 3.8) is 0 Å². The second kappa shape index (κ2) is 8.49. The number of carbonyl (C=O) groups is 1. The van der Waals surface area contributed by atoms with Gasteiger partial charge in [-0.2, -0.15) is 0 Å². The van der Waals surface area contributed by atoms with E-state index in [4.69, 9.17) is 0 Å². The lowest BCUT2D eigenvalue weighted by Crippen LogP contribution is -2.28. The van der Waals surface area contributed by atoms with Gasteiger partial charge in [0.25, 0.3) is 0 Å². The summed E-state index contributed by atoms with van der Waals surface area (Å²) < 4.78 is 0. The van der Waals surface area contributed by atoms with E-state index in [-0.39, 0.29) is 5.91 Å². The number of thiazole rings is 1. The highest BCUT2D eigenvalue weighted by Gasteiger charge is 2.05. The summed E-state index contributed by atoms with van der Waals surface area (Å²) in [6, 6.07) is 5.80. The number of hydrogen-bond acceptors (Lipinski definition) is 5. The number of nitrogens with one attached hydrogen (secondary N) is 2. The maximum atomic E-state index is 11.4. The molecule has 0 aliphatic carbocycles. The van der Waals surface area contributed by atoms with Crippen molar-refractivity contribution >= 4 is 17.2 Å². The lowest BCUT2D eigenvalue weighted by molar-refractivity contribution is -0.120. The first-order valence-corrected chi connectivity index (χ1v) is 8.00.